The van der Waals surface area contributed by atoms with Crippen LogP contribution in [0.3, 0.4) is 0 Å². The quantitative estimate of drug-likeness (QED) is 0.915. The van der Waals surface area contributed by atoms with E-state index in [1.54, 1.807) is 6.92 Å². The summed E-state index contributed by atoms with van der Waals surface area (Å²) in [6.07, 6.45) is 0. The van der Waals surface area contributed by atoms with Gasteiger partial charge in [0.15, 0.2) is 5.13 Å². The fourth-order valence-electron chi connectivity index (χ4n) is 1.56. The molecule has 0 aliphatic rings. The molecule has 7 heteroatoms. The minimum atomic E-state index is -0.396. The summed E-state index contributed by atoms with van der Waals surface area (Å²) in [5.74, 6) is -0.695. The van der Waals surface area contributed by atoms with Crippen LogP contribution in [-0.2, 0) is 6.54 Å². The van der Waals surface area contributed by atoms with Gasteiger partial charge in [-0.2, -0.15) is 0 Å². The second-order valence-corrected chi connectivity index (χ2v) is 5.32. The predicted octanol–water partition coefficient (Wildman–Crippen LogP) is 2.76. The molecule has 0 aliphatic carbocycles. The third-order valence-electron chi connectivity index (χ3n) is 2.47. The molecular weight excluding hydrogens is 289 g/mol. The van der Waals surface area contributed by atoms with Crippen LogP contribution < -0.4 is 11.1 Å². The summed E-state index contributed by atoms with van der Waals surface area (Å²) >= 11 is 7.03. The van der Waals surface area contributed by atoms with E-state index in [-0.39, 0.29) is 12.5 Å². The molecule has 1 aromatic heterocycles. The first-order chi connectivity index (χ1) is 8.97. The second-order valence-electron chi connectivity index (χ2n) is 3.89. The molecule has 1 aromatic carbocycles. The standard InChI is InChI=1S/C12H11ClFN3OS/c1-6-10(19-12(15)17-6)11(18)16-5-7-4-8(14)2-3-9(7)13/h2-4H,5H2,1H3,(H2,15,17)(H,16,18). The van der Waals surface area contributed by atoms with Crippen molar-refractivity contribution in [3.8, 4) is 0 Å². The zero-order valence-electron chi connectivity index (χ0n) is 10.0. The highest BCUT2D eigenvalue weighted by Crippen LogP contribution is 2.20. The van der Waals surface area contributed by atoms with Crippen LogP contribution in [0.1, 0.15) is 20.9 Å². The Morgan fingerprint density at radius 2 is 2.32 bits per heavy atom. The summed E-state index contributed by atoms with van der Waals surface area (Å²) in [7, 11) is 0. The van der Waals surface area contributed by atoms with Crippen molar-refractivity contribution in [1.82, 2.24) is 10.3 Å². The molecule has 2 aromatic rings. The Morgan fingerprint density at radius 1 is 1.58 bits per heavy atom. The highest BCUT2D eigenvalue weighted by molar-refractivity contribution is 7.17. The lowest BCUT2D eigenvalue weighted by atomic mass is 10.2. The van der Waals surface area contributed by atoms with Gasteiger partial charge in [0.25, 0.3) is 5.91 Å². The summed E-state index contributed by atoms with van der Waals surface area (Å²) < 4.78 is 13.1. The lowest BCUT2D eigenvalue weighted by molar-refractivity contribution is 0.0954. The van der Waals surface area contributed by atoms with E-state index in [4.69, 9.17) is 17.3 Å². The molecule has 0 fully saturated rings. The first-order valence-electron chi connectivity index (χ1n) is 5.42. The number of carbonyl (C=O) groups is 1. The number of aromatic nitrogens is 1. The topological polar surface area (TPSA) is 68.0 Å². The SMILES string of the molecule is Cc1nc(N)sc1C(=O)NCc1cc(F)ccc1Cl. The summed E-state index contributed by atoms with van der Waals surface area (Å²) in [6.45, 7) is 1.85. The van der Waals surface area contributed by atoms with Gasteiger partial charge in [-0.05, 0) is 30.7 Å². The molecule has 4 nitrogen and oxygen atoms in total. The Hall–Kier alpha value is -1.66. The molecule has 0 atom stereocenters. The van der Waals surface area contributed by atoms with Crippen LogP contribution in [0.15, 0.2) is 18.2 Å². The number of nitrogens with two attached hydrogens (primary N) is 1. The number of carbonyl (C=O) groups excluding carboxylic acids is 1. The van der Waals surface area contributed by atoms with Crippen molar-refractivity contribution in [2.45, 2.75) is 13.5 Å². The second kappa shape index (κ2) is 5.54. The number of nitrogen functional groups attached to an aromatic ring is 1. The van der Waals surface area contributed by atoms with Crippen molar-refractivity contribution in [3.05, 3.63) is 45.2 Å². The molecular formula is C12H11ClFN3OS. The highest BCUT2D eigenvalue weighted by Gasteiger charge is 2.14. The molecule has 0 aliphatic heterocycles. The smallest absolute Gasteiger partial charge is 0.263 e. The zero-order chi connectivity index (χ0) is 14.0. The number of rotatable bonds is 3. The Labute approximate surface area is 118 Å². The average Bonchev–Trinajstić information content (AvgIpc) is 2.69. The third kappa shape index (κ3) is 3.21. The largest absolute Gasteiger partial charge is 0.375 e. The molecule has 3 N–H and O–H groups in total. The van der Waals surface area contributed by atoms with E-state index in [0.717, 1.165) is 11.3 Å². The van der Waals surface area contributed by atoms with Gasteiger partial charge >= 0.3 is 0 Å². The van der Waals surface area contributed by atoms with E-state index in [9.17, 15) is 9.18 Å². The number of nitrogens with one attached hydrogen (secondary N) is 1. The molecule has 0 radical (unpaired) electrons. The number of thiazole rings is 1. The van der Waals surface area contributed by atoms with Crippen LogP contribution >= 0.6 is 22.9 Å². The van der Waals surface area contributed by atoms with Gasteiger partial charge in [-0.1, -0.05) is 22.9 Å². The third-order valence-corrected chi connectivity index (χ3v) is 3.82. The number of amides is 1. The minimum Gasteiger partial charge on any atom is -0.375 e. The van der Waals surface area contributed by atoms with Crippen molar-refractivity contribution in [1.29, 1.82) is 0 Å². The van der Waals surface area contributed by atoms with Crippen LogP contribution in [0.4, 0.5) is 9.52 Å². The van der Waals surface area contributed by atoms with E-state index in [1.807, 2.05) is 0 Å². The molecule has 0 bridgehead atoms. The summed E-state index contributed by atoms with van der Waals surface area (Å²) in [5, 5.41) is 3.41. The summed E-state index contributed by atoms with van der Waals surface area (Å²) in [6, 6.07) is 4.01. The minimum absolute atomic E-state index is 0.146. The van der Waals surface area contributed by atoms with Gasteiger partial charge in [0.2, 0.25) is 0 Å². The molecule has 100 valence electrons. The Balaban J connectivity index is 2.08. The lowest BCUT2D eigenvalue weighted by Crippen LogP contribution is -2.22. The van der Waals surface area contributed by atoms with E-state index >= 15 is 0 Å². The Bertz CT molecular complexity index is 629. The average molecular weight is 300 g/mol. The highest BCUT2D eigenvalue weighted by atomic mass is 35.5. The number of nitrogens with zero attached hydrogens (tertiary/aromatic N) is 1. The molecule has 1 amide bonds. The van der Waals surface area contributed by atoms with E-state index < -0.39 is 5.82 Å². The monoisotopic (exact) mass is 299 g/mol. The Kier molecular flexibility index (Phi) is 4.01. The molecule has 0 saturated carbocycles. The normalized spacial score (nSPS) is 10.5. The van der Waals surface area contributed by atoms with E-state index in [2.05, 4.69) is 10.3 Å². The van der Waals surface area contributed by atoms with Crippen molar-refractivity contribution in [2.75, 3.05) is 5.73 Å². The van der Waals surface area contributed by atoms with Crippen LogP contribution in [0.5, 0.6) is 0 Å². The number of anilines is 1. The van der Waals surface area contributed by atoms with Crippen LogP contribution in [0.25, 0.3) is 0 Å². The van der Waals surface area contributed by atoms with Crippen LogP contribution in [0.2, 0.25) is 5.02 Å². The van der Waals surface area contributed by atoms with Gasteiger partial charge in [-0.25, -0.2) is 9.37 Å². The first-order valence-corrected chi connectivity index (χ1v) is 6.62. The molecule has 0 spiro atoms. The van der Waals surface area contributed by atoms with E-state index in [0.29, 0.717) is 26.3 Å². The fourth-order valence-corrected chi connectivity index (χ4v) is 2.50. The number of halogens is 2. The van der Waals surface area contributed by atoms with Crippen molar-refractivity contribution in [2.24, 2.45) is 0 Å². The molecule has 0 saturated heterocycles. The van der Waals surface area contributed by atoms with Crippen molar-refractivity contribution < 1.29 is 9.18 Å². The predicted molar refractivity (Wildman–Crippen MR) is 73.8 cm³/mol. The number of benzene rings is 1. The maximum absolute atomic E-state index is 13.1. The molecule has 2 rings (SSSR count). The first kappa shape index (κ1) is 13.8. The van der Waals surface area contributed by atoms with Crippen LogP contribution in [0, 0.1) is 12.7 Å². The maximum Gasteiger partial charge on any atom is 0.263 e. The lowest BCUT2D eigenvalue weighted by Gasteiger charge is -2.06. The summed E-state index contributed by atoms with van der Waals surface area (Å²) in [4.78, 5) is 16.3. The van der Waals surface area contributed by atoms with Gasteiger partial charge < -0.3 is 11.1 Å². The number of hydrogen-bond acceptors (Lipinski definition) is 4. The summed E-state index contributed by atoms with van der Waals surface area (Å²) in [5.41, 5.74) is 6.62. The van der Waals surface area contributed by atoms with Crippen molar-refractivity contribution in [3.63, 3.8) is 0 Å². The molecule has 1 heterocycles. The molecule has 0 unspecified atom stereocenters. The number of hydrogen-bond donors (Lipinski definition) is 2. The number of aryl methyl sites for hydroxylation is 1. The van der Waals surface area contributed by atoms with Crippen LogP contribution in [-0.4, -0.2) is 10.9 Å². The van der Waals surface area contributed by atoms with Gasteiger partial charge in [0, 0.05) is 11.6 Å². The van der Waals surface area contributed by atoms with Gasteiger partial charge in [-0.15, -0.1) is 0 Å². The zero-order valence-corrected chi connectivity index (χ0v) is 11.6. The van der Waals surface area contributed by atoms with Gasteiger partial charge in [-0.3, -0.25) is 4.79 Å². The Morgan fingerprint density at radius 3 is 2.95 bits per heavy atom. The van der Waals surface area contributed by atoms with Gasteiger partial charge in [0.05, 0.1) is 5.69 Å². The fraction of sp³-hybridized carbons (Fsp3) is 0.167. The van der Waals surface area contributed by atoms with Gasteiger partial charge in [0.1, 0.15) is 10.7 Å². The van der Waals surface area contributed by atoms with E-state index in [1.165, 1.54) is 18.2 Å². The van der Waals surface area contributed by atoms with Crippen molar-refractivity contribution >= 4 is 34.0 Å². The maximum atomic E-state index is 13.1. The molecule has 19 heavy (non-hydrogen) atoms.